The molecular formula is C14H22N2O2S. The van der Waals surface area contributed by atoms with Crippen LogP contribution in [0.25, 0.3) is 0 Å². The molecular weight excluding hydrogens is 260 g/mol. The molecule has 0 bridgehead atoms. The molecule has 0 amide bonds. The third kappa shape index (κ3) is 3.16. The summed E-state index contributed by atoms with van der Waals surface area (Å²) in [6.45, 7) is 0.847. The van der Waals surface area contributed by atoms with Crippen molar-refractivity contribution < 1.29 is 8.42 Å². The molecule has 1 fully saturated rings. The predicted molar refractivity (Wildman–Crippen MR) is 77.0 cm³/mol. The van der Waals surface area contributed by atoms with E-state index in [9.17, 15) is 8.42 Å². The van der Waals surface area contributed by atoms with E-state index in [0.717, 1.165) is 36.8 Å². The minimum atomic E-state index is -3.17. The van der Waals surface area contributed by atoms with Gasteiger partial charge in [-0.15, -0.1) is 0 Å². The zero-order valence-electron chi connectivity index (χ0n) is 11.4. The van der Waals surface area contributed by atoms with Crippen LogP contribution in [-0.4, -0.2) is 25.0 Å². The van der Waals surface area contributed by atoms with Gasteiger partial charge < -0.3 is 5.73 Å². The summed E-state index contributed by atoms with van der Waals surface area (Å²) < 4.78 is 26.3. The van der Waals surface area contributed by atoms with Crippen molar-refractivity contribution in [3.05, 3.63) is 35.4 Å². The van der Waals surface area contributed by atoms with Crippen molar-refractivity contribution >= 4 is 10.0 Å². The van der Waals surface area contributed by atoms with E-state index >= 15 is 0 Å². The van der Waals surface area contributed by atoms with Crippen molar-refractivity contribution in [1.82, 2.24) is 4.31 Å². The lowest BCUT2D eigenvalue weighted by molar-refractivity contribution is 0.453. The van der Waals surface area contributed by atoms with E-state index in [2.05, 4.69) is 0 Å². The summed E-state index contributed by atoms with van der Waals surface area (Å²) in [7, 11) is -1.50. The second-order valence-electron chi connectivity index (χ2n) is 5.18. The number of sulfonamides is 1. The van der Waals surface area contributed by atoms with Crippen LogP contribution < -0.4 is 5.73 Å². The summed E-state index contributed by atoms with van der Waals surface area (Å²) in [6.07, 6.45) is 3.64. The molecule has 0 heterocycles. The van der Waals surface area contributed by atoms with E-state index in [1.165, 1.54) is 4.31 Å². The van der Waals surface area contributed by atoms with E-state index in [1.54, 1.807) is 7.05 Å². The van der Waals surface area contributed by atoms with Gasteiger partial charge in [-0.3, -0.25) is 0 Å². The Bertz CT molecular complexity index is 522. The van der Waals surface area contributed by atoms with Gasteiger partial charge in [0.25, 0.3) is 0 Å². The molecule has 0 aromatic heterocycles. The molecule has 0 atom stereocenters. The number of nitrogens with zero attached hydrogens (tertiary/aromatic N) is 1. The van der Waals surface area contributed by atoms with Crippen LogP contribution in [0.3, 0.4) is 0 Å². The first kappa shape index (κ1) is 14.5. The number of benzene rings is 1. The van der Waals surface area contributed by atoms with Gasteiger partial charge in [-0.05, 0) is 24.0 Å². The van der Waals surface area contributed by atoms with Gasteiger partial charge in [0, 0.05) is 20.1 Å². The van der Waals surface area contributed by atoms with Gasteiger partial charge in [0.15, 0.2) is 0 Å². The van der Waals surface area contributed by atoms with Crippen LogP contribution in [0.5, 0.6) is 0 Å². The van der Waals surface area contributed by atoms with Crippen LogP contribution in [0, 0.1) is 0 Å². The largest absolute Gasteiger partial charge is 0.326 e. The van der Waals surface area contributed by atoms with Gasteiger partial charge in [0.2, 0.25) is 10.0 Å². The molecule has 5 heteroatoms. The third-order valence-electron chi connectivity index (χ3n) is 3.89. The monoisotopic (exact) mass is 282 g/mol. The Morgan fingerprint density at radius 2 is 1.79 bits per heavy atom. The fourth-order valence-corrected chi connectivity index (χ4v) is 4.44. The molecule has 106 valence electrons. The first-order valence-electron chi connectivity index (χ1n) is 6.77. The van der Waals surface area contributed by atoms with Crippen LogP contribution in [0.15, 0.2) is 24.3 Å². The van der Waals surface area contributed by atoms with Gasteiger partial charge in [-0.1, -0.05) is 37.1 Å². The maximum absolute atomic E-state index is 12.4. The molecule has 1 aromatic carbocycles. The lowest BCUT2D eigenvalue weighted by Gasteiger charge is -2.22. The van der Waals surface area contributed by atoms with Crippen LogP contribution >= 0.6 is 0 Å². The van der Waals surface area contributed by atoms with Crippen LogP contribution in [-0.2, 0) is 23.1 Å². The summed E-state index contributed by atoms with van der Waals surface area (Å²) in [4.78, 5) is 0. The van der Waals surface area contributed by atoms with Gasteiger partial charge in [0.1, 0.15) is 0 Å². The molecule has 1 aromatic rings. The van der Waals surface area contributed by atoms with Gasteiger partial charge >= 0.3 is 0 Å². The summed E-state index contributed by atoms with van der Waals surface area (Å²) >= 11 is 0. The molecule has 0 unspecified atom stereocenters. The van der Waals surface area contributed by atoms with Crippen molar-refractivity contribution in [1.29, 1.82) is 0 Å². The minimum Gasteiger partial charge on any atom is -0.326 e. The van der Waals surface area contributed by atoms with Gasteiger partial charge in [-0.2, -0.15) is 0 Å². The topological polar surface area (TPSA) is 63.4 Å². The third-order valence-corrected chi connectivity index (χ3v) is 6.20. The van der Waals surface area contributed by atoms with Crippen molar-refractivity contribution in [3.8, 4) is 0 Å². The number of hydrogen-bond donors (Lipinski definition) is 1. The molecule has 0 spiro atoms. The van der Waals surface area contributed by atoms with E-state index in [0.29, 0.717) is 13.1 Å². The first-order chi connectivity index (χ1) is 9.05. The highest BCUT2D eigenvalue weighted by molar-refractivity contribution is 7.89. The van der Waals surface area contributed by atoms with Gasteiger partial charge in [0.05, 0.1) is 5.25 Å². The van der Waals surface area contributed by atoms with E-state index in [1.807, 2.05) is 24.3 Å². The van der Waals surface area contributed by atoms with Crippen molar-refractivity contribution in [2.75, 3.05) is 7.05 Å². The number of rotatable bonds is 5. The van der Waals surface area contributed by atoms with E-state index in [-0.39, 0.29) is 5.25 Å². The summed E-state index contributed by atoms with van der Waals surface area (Å²) in [5, 5.41) is -0.192. The molecule has 1 aliphatic rings. The molecule has 0 aliphatic heterocycles. The second kappa shape index (κ2) is 6.03. The zero-order chi connectivity index (χ0) is 13.9. The predicted octanol–water partition coefficient (Wildman–Crippen LogP) is 1.85. The van der Waals surface area contributed by atoms with Crippen LogP contribution in [0.2, 0.25) is 0 Å². The maximum atomic E-state index is 12.4. The lowest BCUT2D eigenvalue weighted by Crippen LogP contribution is -2.34. The standard InChI is InChI=1S/C14H22N2O2S/c1-16(19(17,18)14-8-4-5-9-14)11-13-7-3-2-6-12(13)10-15/h2-3,6-7,14H,4-5,8-11,15H2,1H3. The van der Waals surface area contributed by atoms with Crippen molar-refractivity contribution in [2.45, 2.75) is 44.0 Å². The fraction of sp³-hybridized carbons (Fsp3) is 0.571. The normalized spacial score (nSPS) is 17.2. The Kier molecular flexibility index (Phi) is 4.60. The van der Waals surface area contributed by atoms with Crippen LogP contribution in [0.4, 0.5) is 0 Å². The van der Waals surface area contributed by atoms with E-state index in [4.69, 9.17) is 5.73 Å². The Labute approximate surface area is 115 Å². The average Bonchev–Trinajstić information content (AvgIpc) is 2.93. The number of nitrogens with two attached hydrogens (primary N) is 1. The molecule has 19 heavy (non-hydrogen) atoms. The highest BCUT2D eigenvalue weighted by atomic mass is 32.2. The minimum absolute atomic E-state index is 0.192. The highest BCUT2D eigenvalue weighted by Crippen LogP contribution is 2.27. The Morgan fingerprint density at radius 1 is 1.21 bits per heavy atom. The summed E-state index contributed by atoms with van der Waals surface area (Å²) in [5.74, 6) is 0. The van der Waals surface area contributed by atoms with E-state index < -0.39 is 10.0 Å². The van der Waals surface area contributed by atoms with Gasteiger partial charge in [-0.25, -0.2) is 12.7 Å². The molecule has 2 N–H and O–H groups in total. The fourth-order valence-electron chi connectivity index (χ4n) is 2.68. The first-order valence-corrected chi connectivity index (χ1v) is 8.28. The van der Waals surface area contributed by atoms with Crippen molar-refractivity contribution in [2.24, 2.45) is 5.73 Å². The molecule has 0 saturated heterocycles. The smallest absolute Gasteiger partial charge is 0.217 e. The molecule has 0 radical (unpaired) electrons. The SMILES string of the molecule is CN(Cc1ccccc1CN)S(=O)(=O)C1CCCC1. The Hall–Kier alpha value is -0.910. The molecule has 4 nitrogen and oxygen atoms in total. The molecule has 2 rings (SSSR count). The maximum Gasteiger partial charge on any atom is 0.217 e. The summed E-state index contributed by atoms with van der Waals surface area (Å²) in [5.41, 5.74) is 7.69. The Balaban J connectivity index is 2.14. The van der Waals surface area contributed by atoms with Crippen LogP contribution in [0.1, 0.15) is 36.8 Å². The zero-order valence-corrected chi connectivity index (χ0v) is 12.2. The lowest BCUT2D eigenvalue weighted by atomic mass is 10.1. The highest BCUT2D eigenvalue weighted by Gasteiger charge is 2.32. The summed E-state index contributed by atoms with van der Waals surface area (Å²) in [6, 6.07) is 7.75. The second-order valence-corrected chi connectivity index (χ2v) is 7.50. The molecule has 1 aliphatic carbocycles. The molecule has 1 saturated carbocycles. The van der Waals surface area contributed by atoms with Crippen molar-refractivity contribution in [3.63, 3.8) is 0 Å². The Morgan fingerprint density at radius 3 is 2.37 bits per heavy atom. The number of hydrogen-bond acceptors (Lipinski definition) is 3. The average molecular weight is 282 g/mol. The quantitative estimate of drug-likeness (QED) is 0.896.